The fourth-order valence-corrected chi connectivity index (χ4v) is 1.63. The van der Waals surface area contributed by atoms with E-state index in [1.54, 1.807) is 30.3 Å². The van der Waals surface area contributed by atoms with E-state index < -0.39 is 35.5 Å². The maximum Gasteiger partial charge on any atom is 1.00 e. The van der Waals surface area contributed by atoms with Crippen molar-refractivity contribution in [1.82, 2.24) is 0 Å². The molecule has 0 unspecified atom stereocenters. The van der Waals surface area contributed by atoms with Crippen LogP contribution < -0.4 is 34.7 Å². The molecule has 0 fully saturated rings. The third-order valence-corrected chi connectivity index (χ3v) is 2.62. The van der Waals surface area contributed by atoms with Crippen LogP contribution in [0.1, 0.15) is 5.56 Å². The van der Waals surface area contributed by atoms with Gasteiger partial charge in [0.15, 0.2) is 18.0 Å². The molecular formula is C13H11NaO6. The van der Waals surface area contributed by atoms with Crippen molar-refractivity contribution in [2.75, 3.05) is 0 Å². The summed E-state index contributed by atoms with van der Waals surface area (Å²) >= 11 is 0. The quantitative estimate of drug-likeness (QED) is 0.310. The number of carbonyl (C=O) groups is 1. The van der Waals surface area contributed by atoms with Crippen molar-refractivity contribution in [1.29, 1.82) is 0 Å². The zero-order valence-electron chi connectivity index (χ0n) is 10.7. The van der Waals surface area contributed by atoms with Gasteiger partial charge in [0.05, 0.1) is 0 Å². The molecule has 0 aliphatic carbocycles. The van der Waals surface area contributed by atoms with Crippen LogP contribution in [-0.4, -0.2) is 33.5 Å². The number of rotatable bonds is 3. The van der Waals surface area contributed by atoms with Crippen LogP contribution in [0.4, 0.5) is 0 Å². The van der Waals surface area contributed by atoms with Gasteiger partial charge < -0.3 is 25.2 Å². The van der Waals surface area contributed by atoms with Crippen molar-refractivity contribution in [2.45, 2.75) is 12.2 Å². The summed E-state index contributed by atoms with van der Waals surface area (Å²) in [6.45, 7) is 0. The number of aliphatic hydroxyl groups excluding tert-OH is 3. The molecule has 3 N–H and O–H groups in total. The first-order chi connectivity index (χ1) is 9.00. The minimum Gasteiger partial charge on any atom is -0.870 e. The molecule has 20 heavy (non-hydrogen) atoms. The minimum atomic E-state index is -1.72. The van der Waals surface area contributed by atoms with Crippen molar-refractivity contribution in [3.8, 4) is 0 Å². The molecule has 0 radical (unpaired) electrons. The van der Waals surface area contributed by atoms with Gasteiger partial charge in [0.2, 0.25) is 0 Å². The predicted molar refractivity (Wildman–Crippen MR) is 62.6 cm³/mol. The van der Waals surface area contributed by atoms with E-state index in [0.717, 1.165) is 0 Å². The molecule has 1 heterocycles. The zero-order valence-corrected chi connectivity index (χ0v) is 12.7. The van der Waals surface area contributed by atoms with Crippen molar-refractivity contribution in [3.05, 3.63) is 53.2 Å². The van der Waals surface area contributed by atoms with Crippen LogP contribution in [0.15, 0.2) is 47.6 Å². The van der Waals surface area contributed by atoms with Crippen LogP contribution in [0.25, 0.3) is 6.08 Å². The number of benzene rings is 1. The molecule has 0 saturated carbocycles. The largest absolute Gasteiger partial charge is 1.00 e. The number of ether oxygens (including phenoxy) is 1. The Labute approximate surface area is 136 Å². The number of hydrogen-bond donors (Lipinski definition) is 3. The number of aliphatic hydroxyl groups is 3. The molecule has 0 bridgehead atoms. The van der Waals surface area contributed by atoms with Crippen LogP contribution in [0.2, 0.25) is 0 Å². The molecule has 0 amide bonds. The summed E-state index contributed by atoms with van der Waals surface area (Å²) in [7, 11) is 0. The molecule has 2 atom stereocenters. The van der Waals surface area contributed by atoms with E-state index in [-0.39, 0.29) is 29.6 Å². The molecule has 2 rings (SSSR count). The third kappa shape index (κ3) is 3.34. The van der Waals surface area contributed by atoms with Crippen LogP contribution >= 0.6 is 0 Å². The maximum absolute atomic E-state index is 11.4. The molecule has 0 aromatic heterocycles. The van der Waals surface area contributed by atoms with Gasteiger partial charge in [-0.2, -0.15) is 0 Å². The van der Waals surface area contributed by atoms with Gasteiger partial charge in [0, 0.05) is 0 Å². The molecule has 100 valence electrons. The second-order valence-electron chi connectivity index (χ2n) is 3.96. The molecular weight excluding hydrogens is 275 g/mol. The summed E-state index contributed by atoms with van der Waals surface area (Å²) in [6.07, 6.45) is -2.10. The second-order valence-corrected chi connectivity index (χ2v) is 3.96. The van der Waals surface area contributed by atoms with Gasteiger partial charge >= 0.3 is 35.5 Å². The molecule has 0 saturated heterocycles. The van der Waals surface area contributed by atoms with Crippen molar-refractivity contribution in [2.24, 2.45) is 0 Å². The monoisotopic (exact) mass is 286 g/mol. The van der Waals surface area contributed by atoms with E-state index in [4.69, 9.17) is 5.11 Å². The van der Waals surface area contributed by atoms with Crippen molar-refractivity contribution >= 4 is 12.0 Å². The SMILES string of the molecule is O=C1O[C@H]([C@@H](O)C(O)=Cc2ccccc2)C([O-])=C1O.[Na+]. The Morgan fingerprint density at radius 1 is 1.35 bits per heavy atom. The normalized spacial score (nSPS) is 20.4. The third-order valence-electron chi connectivity index (χ3n) is 2.62. The summed E-state index contributed by atoms with van der Waals surface area (Å²) in [5.41, 5.74) is 0.601. The number of hydrogen-bond acceptors (Lipinski definition) is 6. The Morgan fingerprint density at radius 3 is 2.45 bits per heavy atom. The summed E-state index contributed by atoms with van der Waals surface area (Å²) in [4.78, 5) is 10.9. The predicted octanol–water partition coefficient (Wildman–Crippen LogP) is -2.99. The smallest absolute Gasteiger partial charge is 0.870 e. The summed E-state index contributed by atoms with van der Waals surface area (Å²) in [5, 5.41) is 39.9. The Balaban J connectivity index is 0.00000200. The Bertz CT molecular complexity index is 551. The summed E-state index contributed by atoms with van der Waals surface area (Å²) in [6, 6.07) is 8.59. The first-order valence-electron chi connectivity index (χ1n) is 5.45. The van der Waals surface area contributed by atoms with E-state index in [1.165, 1.54) is 6.08 Å². The zero-order chi connectivity index (χ0) is 14.0. The molecule has 0 spiro atoms. The summed E-state index contributed by atoms with van der Waals surface area (Å²) < 4.78 is 4.48. The minimum absolute atomic E-state index is 0. The van der Waals surface area contributed by atoms with Crippen LogP contribution in [0.5, 0.6) is 0 Å². The number of cyclic esters (lactones) is 1. The van der Waals surface area contributed by atoms with E-state index in [9.17, 15) is 20.1 Å². The molecule has 6 nitrogen and oxygen atoms in total. The first kappa shape index (κ1) is 16.6. The number of carbonyl (C=O) groups excluding carboxylic acids is 1. The van der Waals surface area contributed by atoms with Crippen molar-refractivity contribution < 1.29 is 59.5 Å². The molecule has 1 aliphatic heterocycles. The Hall–Kier alpha value is -1.47. The van der Waals surface area contributed by atoms with Gasteiger partial charge in [-0.05, 0) is 17.4 Å². The first-order valence-corrected chi connectivity index (χ1v) is 5.45. The topological polar surface area (TPSA) is 110 Å². The summed E-state index contributed by atoms with van der Waals surface area (Å²) in [5.74, 6) is -3.87. The molecule has 7 heteroatoms. The van der Waals surface area contributed by atoms with E-state index >= 15 is 0 Å². The fraction of sp³-hybridized carbons (Fsp3) is 0.154. The molecule has 1 aromatic rings. The standard InChI is InChI=1S/C13H12O6.Na/c14-8(6-7-4-2-1-3-5-7)9(15)12-10(16)11(17)13(18)19-12;/h1-6,9,12,14-17H;/q;+1/p-1/t9-,12+;/m0./s1. The van der Waals surface area contributed by atoms with E-state index in [2.05, 4.69) is 4.74 Å². The maximum atomic E-state index is 11.4. The average molecular weight is 286 g/mol. The van der Waals surface area contributed by atoms with E-state index in [0.29, 0.717) is 5.56 Å². The number of esters is 1. The Morgan fingerprint density at radius 2 is 1.95 bits per heavy atom. The van der Waals surface area contributed by atoms with Crippen LogP contribution in [0, 0.1) is 0 Å². The van der Waals surface area contributed by atoms with Crippen molar-refractivity contribution in [3.63, 3.8) is 0 Å². The average Bonchev–Trinajstić information content (AvgIpc) is 2.67. The van der Waals surface area contributed by atoms with Gasteiger partial charge in [-0.1, -0.05) is 30.3 Å². The Kier molecular flexibility index (Phi) is 5.64. The second kappa shape index (κ2) is 6.81. The molecule has 1 aliphatic rings. The van der Waals surface area contributed by atoms with Gasteiger partial charge in [0.25, 0.3) is 0 Å². The van der Waals surface area contributed by atoms with Gasteiger partial charge in [0.1, 0.15) is 5.76 Å². The molecule has 1 aromatic carbocycles. The van der Waals surface area contributed by atoms with Gasteiger partial charge in [-0.25, -0.2) is 4.79 Å². The van der Waals surface area contributed by atoms with Crippen LogP contribution in [0.3, 0.4) is 0 Å². The fourth-order valence-electron chi connectivity index (χ4n) is 1.63. The van der Waals surface area contributed by atoms with Crippen LogP contribution in [-0.2, 0) is 9.53 Å². The van der Waals surface area contributed by atoms with Gasteiger partial charge in [-0.15, -0.1) is 0 Å². The van der Waals surface area contributed by atoms with E-state index in [1.807, 2.05) is 0 Å². The van der Waals surface area contributed by atoms with Gasteiger partial charge in [-0.3, -0.25) is 0 Å².